The van der Waals surface area contributed by atoms with E-state index in [-0.39, 0.29) is 6.04 Å². The highest BCUT2D eigenvalue weighted by Crippen LogP contribution is 2.32. The molecular weight excluding hydrogens is 268 g/mol. The third kappa shape index (κ3) is 2.52. The lowest BCUT2D eigenvalue weighted by atomic mass is 9.99. The van der Waals surface area contributed by atoms with Gasteiger partial charge in [-0.1, -0.05) is 17.7 Å². The van der Waals surface area contributed by atoms with E-state index in [1.807, 2.05) is 18.2 Å². The molecule has 5 heteroatoms. The maximum Gasteiger partial charge on any atom is 0.137 e. The Labute approximate surface area is 116 Å². The van der Waals surface area contributed by atoms with E-state index in [0.29, 0.717) is 10.8 Å². The fraction of sp³-hybridized carbons (Fsp3) is 0.231. The number of nitrogens with one attached hydrogen (secondary N) is 1. The van der Waals surface area contributed by atoms with Gasteiger partial charge < -0.3 is 4.74 Å². The van der Waals surface area contributed by atoms with Gasteiger partial charge in [0.25, 0.3) is 0 Å². The number of ether oxygens (including phenoxy) is 1. The second-order valence-corrected chi connectivity index (χ2v) is 5.15. The number of hydrogen-bond donors (Lipinski definition) is 2. The first-order valence-electron chi connectivity index (χ1n) is 5.49. The number of thiophene rings is 1. The fourth-order valence-electron chi connectivity index (χ4n) is 1.89. The summed E-state index contributed by atoms with van der Waals surface area (Å²) >= 11 is 7.69. The minimum absolute atomic E-state index is 0.0533. The molecule has 0 aliphatic rings. The summed E-state index contributed by atoms with van der Waals surface area (Å²) in [6.45, 7) is 2.07. The van der Waals surface area contributed by atoms with Gasteiger partial charge in [0.2, 0.25) is 0 Å². The monoisotopic (exact) mass is 282 g/mol. The van der Waals surface area contributed by atoms with Gasteiger partial charge in [-0.25, -0.2) is 5.43 Å². The quantitative estimate of drug-likeness (QED) is 0.668. The van der Waals surface area contributed by atoms with Gasteiger partial charge in [-0.3, -0.25) is 5.84 Å². The van der Waals surface area contributed by atoms with E-state index in [9.17, 15) is 0 Å². The SMILES string of the molecule is COc1cc(C(NN)c2cscc2C)ccc1Cl. The lowest BCUT2D eigenvalue weighted by Gasteiger charge is -2.17. The van der Waals surface area contributed by atoms with Crippen LogP contribution in [0.3, 0.4) is 0 Å². The molecule has 1 aromatic heterocycles. The Morgan fingerprint density at radius 2 is 2.17 bits per heavy atom. The van der Waals surface area contributed by atoms with Crippen molar-refractivity contribution in [3.05, 3.63) is 50.7 Å². The largest absolute Gasteiger partial charge is 0.495 e. The lowest BCUT2D eigenvalue weighted by Crippen LogP contribution is -2.29. The zero-order valence-electron chi connectivity index (χ0n) is 10.2. The number of aryl methyl sites for hydroxylation is 1. The molecule has 0 radical (unpaired) electrons. The van der Waals surface area contributed by atoms with Crippen LogP contribution in [0.25, 0.3) is 0 Å². The molecule has 3 nitrogen and oxygen atoms in total. The predicted molar refractivity (Wildman–Crippen MR) is 76.2 cm³/mol. The highest BCUT2D eigenvalue weighted by molar-refractivity contribution is 7.08. The number of nitrogens with two attached hydrogens (primary N) is 1. The van der Waals surface area contributed by atoms with Crippen molar-refractivity contribution < 1.29 is 4.74 Å². The van der Waals surface area contributed by atoms with E-state index in [1.165, 1.54) is 11.1 Å². The third-order valence-corrected chi connectivity index (χ3v) is 4.07. The minimum atomic E-state index is -0.0533. The van der Waals surface area contributed by atoms with E-state index < -0.39 is 0 Å². The number of rotatable bonds is 4. The predicted octanol–water partition coefficient (Wildman–Crippen LogP) is 3.27. The number of hydrazine groups is 1. The summed E-state index contributed by atoms with van der Waals surface area (Å²) in [5, 5.41) is 4.80. The molecule has 0 amide bonds. The van der Waals surface area contributed by atoms with Gasteiger partial charge in [0.05, 0.1) is 18.2 Å². The van der Waals surface area contributed by atoms with Crippen molar-refractivity contribution in [2.24, 2.45) is 5.84 Å². The molecule has 1 aromatic carbocycles. The summed E-state index contributed by atoms with van der Waals surface area (Å²) in [5.74, 6) is 6.33. The molecule has 2 aromatic rings. The first-order valence-corrected chi connectivity index (χ1v) is 6.81. The zero-order chi connectivity index (χ0) is 13.1. The molecule has 0 saturated heterocycles. The number of methoxy groups -OCH3 is 1. The van der Waals surface area contributed by atoms with E-state index in [4.69, 9.17) is 22.2 Å². The Morgan fingerprint density at radius 3 is 2.72 bits per heavy atom. The van der Waals surface area contributed by atoms with Gasteiger partial charge in [0, 0.05) is 0 Å². The Balaban J connectivity index is 2.42. The summed E-state index contributed by atoms with van der Waals surface area (Å²) in [6.07, 6.45) is 0. The molecule has 1 atom stereocenters. The standard InChI is InChI=1S/C13H15ClN2OS/c1-8-6-18-7-10(8)13(16-15)9-3-4-11(14)12(5-9)17-2/h3-7,13,16H,15H2,1-2H3. The van der Waals surface area contributed by atoms with Crippen LogP contribution >= 0.6 is 22.9 Å². The summed E-state index contributed by atoms with van der Waals surface area (Å²) in [5.41, 5.74) is 6.26. The van der Waals surface area contributed by atoms with Crippen LogP contribution in [0.4, 0.5) is 0 Å². The molecule has 0 aliphatic carbocycles. The van der Waals surface area contributed by atoms with Crippen LogP contribution in [0.15, 0.2) is 29.0 Å². The first-order chi connectivity index (χ1) is 8.67. The van der Waals surface area contributed by atoms with Gasteiger partial charge in [0.1, 0.15) is 5.75 Å². The van der Waals surface area contributed by atoms with Crippen LogP contribution < -0.4 is 16.0 Å². The number of hydrogen-bond acceptors (Lipinski definition) is 4. The highest BCUT2D eigenvalue weighted by atomic mass is 35.5. The van der Waals surface area contributed by atoms with Gasteiger partial charge in [-0.15, -0.1) is 0 Å². The molecule has 0 fully saturated rings. The van der Waals surface area contributed by atoms with Gasteiger partial charge in [-0.05, 0) is 46.5 Å². The second-order valence-electron chi connectivity index (χ2n) is 4.00. The topological polar surface area (TPSA) is 47.3 Å². The van der Waals surface area contributed by atoms with Gasteiger partial charge in [0.15, 0.2) is 0 Å². The summed E-state index contributed by atoms with van der Waals surface area (Å²) in [6, 6.07) is 5.63. The Bertz CT molecular complexity index is 542. The lowest BCUT2D eigenvalue weighted by molar-refractivity contribution is 0.414. The van der Waals surface area contributed by atoms with Crippen LogP contribution in [0, 0.1) is 6.92 Å². The van der Waals surface area contributed by atoms with Crippen LogP contribution in [0.2, 0.25) is 5.02 Å². The number of halogens is 1. The van der Waals surface area contributed by atoms with E-state index in [1.54, 1.807) is 18.4 Å². The first kappa shape index (κ1) is 13.4. The molecule has 0 spiro atoms. The number of benzene rings is 1. The summed E-state index contributed by atoms with van der Waals surface area (Å²) in [7, 11) is 1.60. The third-order valence-electron chi connectivity index (χ3n) is 2.88. The average molecular weight is 283 g/mol. The van der Waals surface area contributed by atoms with Crippen LogP contribution in [0.5, 0.6) is 5.75 Å². The van der Waals surface area contributed by atoms with Crippen molar-refractivity contribution in [2.75, 3.05) is 7.11 Å². The maximum absolute atomic E-state index is 6.03. The van der Waals surface area contributed by atoms with E-state index in [2.05, 4.69) is 23.1 Å². The molecule has 1 heterocycles. The molecule has 96 valence electrons. The molecule has 18 heavy (non-hydrogen) atoms. The van der Waals surface area contributed by atoms with Crippen molar-refractivity contribution in [3.63, 3.8) is 0 Å². The van der Waals surface area contributed by atoms with E-state index >= 15 is 0 Å². The Hall–Kier alpha value is -1.07. The smallest absolute Gasteiger partial charge is 0.137 e. The Kier molecular flexibility index (Phi) is 4.24. The molecule has 2 rings (SSSR count). The Morgan fingerprint density at radius 1 is 1.39 bits per heavy atom. The second kappa shape index (κ2) is 5.71. The fourth-order valence-corrected chi connectivity index (χ4v) is 2.96. The highest BCUT2D eigenvalue weighted by Gasteiger charge is 2.16. The van der Waals surface area contributed by atoms with Gasteiger partial charge >= 0.3 is 0 Å². The molecular formula is C13H15ClN2OS. The molecule has 0 aliphatic heterocycles. The van der Waals surface area contributed by atoms with Gasteiger partial charge in [-0.2, -0.15) is 11.3 Å². The van der Waals surface area contributed by atoms with Crippen LogP contribution in [0.1, 0.15) is 22.7 Å². The average Bonchev–Trinajstić information content (AvgIpc) is 2.79. The van der Waals surface area contributed by atoms with Crippen molar-refractivity contribution in [1.82, 2.24) is 5.43 Å². The van der Waals surface area contributed by atoms with Crippen LogP contribution in [-0.2, 0) is 0 Å². The van der Waals surface area contributed by atoms with Crippen molar-refractivity contribution in [3.8, 4) is 5.75 Å². The molecule has 3 N–H and O–H groups in total. The molecule has 1 unspecified atom stereocenters. The van der Waals surface area contributed by atoms with Crippen molar-refractivity contribution in [2.45, 2.75) is 13.0 Å². The summed E-state index contributed by atoms with van der Waals surface area (Å²) < 4.78 is 5.23. The molecule has 0 saturated carbocycles. The maximum atomic E-state index is 6.03. The van der Waals surface area contributed by atoms with Crippen LogP contribution in [-0.4, -0.2) is 7.11 Å². The van der Waals surface area contributed by atoms with Crippen molar-refractivity contribution >= 4 is 22.9 Å². The van der Waals surface area contributed by atoms with E-state index in [0.717, 1.165) is 5.56 Å². The minimum Gasteiger partial charge on any atom is -0.495 e. The summed E-state index contributed by atoms with van der Waals surface area (Å²) in [4.78, 5) is 0. The molecule has 0 bridgehead atoms. The van der Waals surface area contributed by atoms with Crippen molar-refractivity contribution in [1.29, 1.82) is 0 Å². The normalized spacial score (nSPS) is 12.4. The zero-order valence-corrected chi connectivity index (χ0v) is 11.8.